The standard InChI is InChI=1S/C8H15NO5/c1-3(11)8-5(9)7(13)6(12)4(2-10)14-8/h4-8,10,12-13H,2,9H2,1H3/t4-,5-,6-,7-,8?/m1/s1. The SMILES string of the molecule is CC(=O)C1O[C@H](CO)[C@@H](O)[C@H](O)[C@H]1N. The van der Waals surface area contributed by atoms with Gasteiger partial charge in [-0.2, -0.15) is 0 Å². The molecule has 0 aromatic carbocycles. The van der Waals surface area contributed by atoms with E-state index >= 15 is 0 Å². The van der Waals surface area contributed by atoms with Gasteiger partial charge in [0, 0.05) is 0 Å². The van der Waals surface area contributed by atoms with Crippen molar-refractivity contribution in [3.63, 3.8) is 0 Å². The van der Waals surface area contributed by atoms with Crippen LogP contribution in [0.1, 0.15) is 6.92 Å². The van der Waals surface area contributed by atoms with Gasteiger partial charge in [0.2, 0.25) is 0 Å². The van der Waals surface area contributed by atoms with E-state index in [2.05, 4.69) is 0 Å². The predicted molar refractivity (Wildman–Crippen MR) is 46.4 cm³/mol. The van der Waals surface area contributed by atoms with Crippen LogP contribution >= 0.6 is 0 Å². The van der Waals surface area contributed by atoms with E-state index in [4.69, 9.17) is 15.6 Å². The van der Waals surface area contributed by atoms with Crippen molar-refractivity contribution in [1.29, 1.82) is 0 Å². The minimum absolute atomic E-state index is 0.332. The summed E-state index contributed by atoms with van der Waals surface area (Å²) in [5.41, 5.74) is 5.49. The molecule has 1 rings (SSSR count). The molecule has 0 aromatic heterocycles. The molecule has 1 heterocycles. The van der Waals surface area contributed by atoms with Crippen molar-refractivity contribution in [2.45, 2.75) is 37.4 Å². The average Bonchev–Trinajstić information content (AvgIpc) is 2.14. The summed E-state index contributed by atoms with van der Waals surface area (Å²) in [4.78, 5) is 11.0. The van der Waals surface area contributed by atoms with Crippen molar-refractivity contribution in [3.05, 3.63) is 0 Å². The van der Waals surface area contributed by atoms with E-state index in [0.717, 1.165) is 0 Å². The number of hydrogen-bond acceptors (Lipinski definition) is 6. The van der Waals surface area contributed by atoms with Crippen LogP contribution in [0.15, 0.2) is 0 Å². The molecule has 1 fully saturated rings. The summed E-state index contributed by atoms with van der Waals surface area (Å²) < 4.78 is 5.06. The van der Waals surface area contributed by atoms with Gasteiger partial charge in [0.25, 0.3) is 0 Å². The quantitative estimate of drug-likeness (QED) is 0.392. The Morgan fingerprint density at radius 2 is 2.00 bits per heavy atom. The molecule has 1 aliphatic rings. The molecule has 1 saturated heterocycles. The van der Waals surface area contributed by atoms with Gasteiger partial charge in [0.1, 0.15) is 24.4 Å². The van der Waals surface area contributed by atoms with Gasteiger partial charge in [-0.3, -0.25) is 4.79 Å². The zero-order valence-electron chi connectivity index (χ0n) is 7.83. The van der Waals surface area contributed by atoms with Gasteiger partial charge in [0.15, 0.2) is 5.78 Å². The second kappa shape index (κ2) is 4.33. The van der Waals surface area contributed by atoms with E-state index in [1.165, 1.54) is 6.92 Å². The molecule has 6 nitrogen and oxygen atoms in total. The molecule has 0 aromatic rings. The van der Waals surface area contributed by atoms with Gasteiger partial charge in [-0.05, 0) is 6.92 Å². The van der Waals surface area contributed by atoms with Crippen LogP contribution in [0.2, 0.25) is 0 Å². The van der Waals surface area contributed by atoms with E-state index < -0.39 is 37.1 Å². The lowest BCUT2D eigenvalue weighted by Crippen LogP contribution is -2.63. The summed E-state index contributed by atoms with van der Waals surface area (Å²) >= 11 is 0. The maximum absolute atomic E-state index is 11.0. The molecule has 0 amide bonds. The molecule has 82 valence electrons. The van der Waals surface area contributed by atoms with Crippen LogP contribution in [0.4, 0.5) is 0 Å². The Morgan fingerprint density at radius 3 is 2.43 bits per heavy atom. The van der Waals surface area contributed by atoms with Crippen LogP contribution in [0.25, 0.3) is 0 Å². The highest BCUT2D eigenvalue weighted by Crippen LogP contribution is 2.20. The first-order valence-corrected chi connectivity index (χ1v) is 4.37. The zero-order chi connectivity index (χ0) is 10.9. The van der Waals surface area contributed by atoms with Crippen molar-refractivity contribution in [2.75, 3.05) is 6.61 Å². The molecule has 14 heavy (non-hydrogen) atoms. The van der Waals surface area contributed by atoms with Gasteiger partial charge in [0.05, 0.1) is 12.6 Å². The normalized spacial score (nSPS) is 43.6. The molecule has 1 unspecified atom stereocenters. The molecule has 5 atom stereocenters. The van der Waals surface area contributed by atoms with Crippen LogP contribution in [-0.2, 0) is 9.53 Å². The molecule has 1 aliphatic heterocycles. The van der Waals surface area contributed by atoms with Crippen LogP contribution in [0, 0.1) is 0 Å². The Hall–Kier alpha value is -0.530. The van der Waals surface area contributed by atoms with Crippen molar-refractivity contribution in [2.24, 2.45) is 5.73 Å². The first kappa shape index (κ1) is 11.5. The fourth-order valence-corrected chi connectivity index (χ4v) is 1.50. The minimum Gasteiger partial charge on any atom is -0.394 e. The first-order valence-electron chi connectivity index (χ1n) is 4.37. The van der Waals surface area contributed by atoms with E-state index in [0.29, 0.717) is 0 Å². The molecule has 5 N–H and O–H groups in total. The van der Waals surface area contributed by atoms with Crippen molar-refractivity contribution in [1.82, 2.24) is 0 Å². The molecule has 0 aliphatic carbocycles. The number of rotatable bonds is 2. The third-order valence-electron chi connectivity index (χ3n) is 2.38. The highest BCUT2D eigenvalue weighted by molar-refractivity contribution is 5.81. The fourth-order valence-electron chi connectivity index (χ4n) is 1.50. The summed E-state index contributed by atoms with van der Waals surface area (Å²) in [5, 5.41) is 27.6. The smallest absolute Gasteiger partial charge is 0.160 e. The Morgan fingerprint density at radius 1 is 1.43 bits per heavy atom. The number of carbonyl (C=O) groups is 1. The second-order valence-corrected chi connectivity index (χ2v) is 3.45. The van der Waals surface area contributed by atoms with Crippen molar-refractivity contribution >= 4 is 5.78 Å². The number of Topliss-reactive ketones (excluding diaryl/α,β-unsaturated/α-hetero) is 1. The average molecular weight is 205 g/mol. The monoisotopic (exact) mass is 205 g/mol. The lowest BCUT2D eigenvalue weighted by atomic mass is 9.92. The lowest BCUT2D eigenvalue weighted by molar-refractivity contribution is -0.191. The summed E-state index contributed by atoms with van der Waals surface area (Å²) in [6, 6.07) is -0.953. The minimum atomic E-state index is -1.26. The number of aliphatic hydroxyl groups excluding tert-OH is 3. The fraction of sp³-hybridized carbons (Fsp3) is 0.875. The summed E-state index contributed by atoms with van der Waals surface area (Å²) in [5.74, 6) is -0.332. The van der Waals surface area contributed by atoms with Crippen molar-refractivity contribution < 1.29 is 24.9 Å². The number of ketones is 1. The first-order chi connectivity index (χ1) is 6.49. The lowest BCUT2D eigenvalue weighted by Gasteiger charge is -2.39. The molecular weight excluding hydrogens is 190 g/mol. The third kappa shape index (κ3) is 1.94. The molecule has 0 saturated carbocycles. The van der Waals surface area contributed by atoms with Gasteiger partial charge in [-0.15, -0.1) is 0 Å². The third-order valence-corrected chi connectivity index (χ3v) is 2.38. The van der Waals surface area contributed by atoms with Crippen LogP contribution in [0.5, 0.6) is 0 Å². The van der Waals surface area contributed by atoms with E-state index in [9.17, 15) is 15.0 Å². The largest absolute Gasteiger partial charge is 0.394 e. The Labute approximate surface area is 81.3 Å². The number of carbonyl (C=O) groups excluding carboxylic acids is 1. The predicted octanol–water partition coefficient (Wildman–Crippen LogP) is -2.62. The van der Waals surface area contributed by atoms with Gasteiger partial charge in [-0.25, -0.2) is 0 Å². The van der Waals surface area contributed by atoms with Crippen LogP contribution < -0.4 is 5.73 Å². The molecule has 6 heteroatoms. The maximum Gasteiger partial charge on any atom is 0.160 e. The second-order valence-electron chi connectivity index (χ2n) is 3.45. The summed E-state index contributed by atoms with van der Waals surface area (Å²) in [7, 11) is 0. The number of aliphatic hydroxyl groups is 3. The summed E-state index contributed by atoms with van der Waals surface area (Å²) in [6.07, 6.45) is -4.44. The van der Waals surface area contributed by atoms with E-state index in [1.807, 2.05) is 0 Å². The Bertz CT molecular complexity index is 220. The van der Waals surface area contributed by atoms with Gasteiger partial charge in [-0.1, -0.05) is 0 Å². The van der Waals surface area contributed by atoms with Crippen molar-refractivity contribution in [3.8, 4) is 0 Å². The number of hydrogen-bond donors (Lipinski definition) is 4. The van der Waals surface area contributed by atoms with Crippen LogP contribution in [-0.4, -0.2) is 58.2 Å². The number of nitrogens with two attached hydrogens (primary N) is 1. The summed E-state index contributed by atoms with van der Waals surface area (Å²) in [6.45, 7) is 0.818. The van der Waals surface area contributed by atoms with E-state index in [1.54, 1.807) is 0 Å². The van der Waals surface area contributed by atoms with Gasteiger partial charge < -0.3 is 25.8 Å². The molecular formula is C8H15NO5. The maximum atomic E-state index is 11.0. The molecule has 0 radical (unpaired) electrons. The molecule has 0 bridgehead atoms. The Balaban J connectivity index is 2.78. The van der Waals surface area contributed by atoms with Gasteiger partial charge >= 0.3 is 0 Å². The Kier molecular flexibility index (Phi) is 3.57. The highest BCUT2D eigenvalue weighted by atomic mass is 16.5. The molecule has 0 spiro atoms. The number of ether oxygens (including phenoxy) is 1. The van der Waals surface area contributed by atoms with E-state index in [-0.39, 0.29) is 5.78 Å². The highest BCUT2D eigenvalue weighted by Gasteiger charge is 2.43. The van der Waals surface area contributed by atoms with Crippen LogP contribution in [0.3, 0.4) is 0 Å². The zero-order valence-corrected chi connectivity index (χ0v) is 7.83. The topological polar surface area (TPSA) is 113 Å².